The zero-order valence-corrected chi connectivity index (χ0v) is 13.4. The average molecular weight is 326 g/mol. The molecule has 21 heavy (non-hydrogen) atoms. The maximum atomic E-state index is 12.7. The third-order valence-corrected chi connectivity index (χ3v) is 5.25. The molecule has 112 valence electrons. The van der Waals surface area contributed by atoms with Crippen LogP contribution in [0, 0.1) is 0 Å². The van der Waals surface area contributed by atoms with E-state index in [1.165, 1.54) is 11.4 Å². The molecule has 2 aromatic rings. The molecular weight excluding hydrogens is 310 g/mol. The van der Waals surface area contributed by atoms with E-state index < -0.39 is 10.0 Å². The van der Waals surface area contributed by atoms with Crippen LogP contribution in [0.2, 0.25) is 5.02 Å². The molecule has 0 aliphatic carbocycles. The molecule has 2 rings (SSSR count). The topological polar surface area (TPSA) is 46.6 Å². The van der Waals surface area contributed by atoms with E-state index in [4.69, 9.17) is 16.3 Å². The van der Waals surface area contributed by atoms with E-state index in [2.05, 4.69) is 0 Å². The highest BCUT2D eigenvalue weighted by Gasteiger charge is 2.23. The molecule has 0 saturated carbocycles. The van der Waals surface area contributed by atoms with Gasteiger partial charge in [0, 0.05) is 6.54 Å². The van der Waals surface area contributed by atoms with Crippen LogP contribution < -0.4 is 9.04 Å². The fourth-order valence-electron chi connectivity index (χ4n) is 2.02. The van der Waals surface area contributed by atoms with Crippen molar-refractivity contribution in [1.29, 1.82) is 0 Å². The quantitative estimate of drug-likeness (QED) is 0.844. The minimum atomic E-state index is -3.61. The third kappa shape index (κ3) is 3.14. The first-order valence-electron chi connectivity index (χ1n) is 6.42. The van der Waals surface area contributed by atoms with Crippen molar-refractivity contribution in [2.75, 3.05) is 18.0 Å². The van der Waals surface area contributed by atoms with Gasteiger partial charge in [0.15, 0.2) is 0 Å². The number of hydrogen-bond acceptors (Lipinski definition) is 3. The van der Waals surface area contributed by atoms with Gasteiger partial charge in [0.1, 0.15) is 5.75 Å². The number of sulfonamides is 1. The van der Waals surface area contributed by atoms with E-state index >= 15 is 0 Å². The number of halogens is 1. The molecule has 0 fully saturated rings. The summed E-state index contributed by atoms with van der Waals surface area (Å²) < 4.78 is 31.8. The Balaban J connectivity index is 2.47. The van der Waals surface area contributed by atoms with Gasteiger partial charge < -0.3 is 4.74 Å². The monoisotopic (exact) mass is 325 g/mol. The standard InChI is InChI=1S/C15H16ClNO3S/c1-3-17(12-9-10-15(20-2)14(16)11-12)21(18,19)13-7-5-4-6-8-13/h4-11H,3H2,1-2H3. The van der Waals surface area contributed by atoms with Gasteiger partial charge in [-0.2, -0.15) is 0 Å². The summed E-state index contributed by atoms with van der Waals surface area (Å²) in [6, 6.07) is 13.2. The molecule has 0 atom stereocenters. The summed E-state index contributed by atoms with van der Waals surface area (Å²) in [5.41, 5.74) is 0.507. The molecule has 6 heteroatoms. The molecule has 0 saturated heterocycles. The first-order valence-corrected chi connectivity index (χ1v) is 8.24. The second-order valence-corrected chi connectivity index (χ2v) is 6.57. The molecular formula is C15H16ClNO3S. The summed E-state index contributed by atoms with van der Waals surface area (Å²) in [4.78, 5) is 0.249. The van der Waals surface area contributed by atoms with E-state index in [9.17, 15) is 8.42 Å². The molecule has 0 amide bonds. The summed E-state index contributed by atoms with van der Waals surface area (Å²) in [5.74, 6) is 0.508. The van der Waals surface area contributed by atoms with E-state index in [1.54, 1.807) is 55.5 Å². The van der Waals surface area contributed by atoms with Gasteiger partial charge in [-0.3, -0.25) is 4.31 Å². The lowest BCUT2D eigenvalue weighted by molar-refractivity contribution is 0.415. The maximum absolute atomic E-state index is 12.7. The largest absolute Gasteiger partial charge is 0.495 e. The highest BCUT2D eigenvalue weighted by atomic mass is 35.5. The number of benzene rings is 2. The number of nitrogens with zero attached hydrogens (tertiary/aromatic N) is 1. The molecule has 0 bridgehead atoms. The number of ether oxygens (including phenoxy) is 1. The first-order chi connectivity index (χ1) is 10.0. The molecule has 0 radical (unpaired) electrons. The Morgan fingerprint density at radius 3 is 2.33 bits per heavy atom. The lowest BCUT2D eigenvalue weighted by Crippen LogP contribution is -2.30. The highest BCUT2D eigenvalue weighted by Crippen LogP contribution is 2.31. The van der Waals surface area contributed by atoms with Crippen molar-refractivity contribution in [2.24, 2.45) is 0 Å². The van der Waals surface area contributed by atoms with E-state index in [0.717, 1.165) is 0 Å². The Morgan fingerprint density at radius 2 is 1.81 bits per heavy atom. The summed E-state index contributed by atoms with van der Waals surface area (Å²) in [6.07, 6.45) is 0. The van der Waals surface area contributed by atoms with Crippen LogP contribution in [0.3, 0.4) is 0 Å². The predicted molar refractivity (Wildman–Crippen MR) is 84.7 cm³/mol. The van der Waals surface area contributed by atoms with E-state index in [-0.39, 0.29) is 4.90 Å². The molecule has 0 aliphatic heterocycles. The van der Waals surface area contributed by atoms with Crippen molar-refractivity contribution in [1.82, 2.24) is 0 Å². The van der Waals surface area contributed by atoms with Crippen molar-refractivity contribution in [3.8, 4) is 5.75 Å². The lowest BCUT2D eigenvalue weighted by atomic mass is 10.3. The Labute approximate surface area is 130 Å². The molecule has 4 nitrogen and oxygen atoms in total. The minimum Gasteiger partial charge on any atom is -0.495 e. The number of rotatable bonds is 5. The summed E-state index contributed by atoms with van der Waals surface area (Å²) >= 11 is 6.08. The Kier molecular flexibility index (Phi) is 4.75. The van der Waals surface area contributed by atoms with Gasteiger partial charge in [0.2, 0.25) is 0 Å². The van der Waals surface area contributed by atoms with Crippen LogP contribution in [0.15, 0.2) is 53.4 Å². The van der Waals surface area contributed by atoms with Crippen molar-refractivity contribution < 1.29 is 13.2 Å². The van der Waals surface area contributed by atoms with Crippen molar-refractivity contribution >= 4 is 27.3 Å². The van der Waals surface area contributed by atoms with Crippen LogP contribution in [0.1, 0.15) is 6.92 Å². The van der Waals surface area contributed by atoms with Crippen LogP contribution in [0.5, 0.6) is 5.75 Å². The summed E-state index contributed by atoms with van der Waals surface area (Å²) in [6.45, 7) is 2.08. The fourth-order valence-corrected chi connectivity index (χ4v) is 3.76. The maximum Gasteiger partial charge on any atom is 0.264 e. The Morgan fingerprint density at radius 1 is 1.14 bits per heavy atom. The SMILES string of the molecule is CCN(c1ccc(OC)c(Cl)c1)S(=O)(=O)c1ccccc1. The number of methoxy groups -OCH3 is 1. The van der Waals surface area contributed by atoms with Crippen LogP contribution in [-0.4, -0.2) is 22.1 Å². The van der Waals surface area contributed by atoms with Crippen molar-refractivity contribution in [3.05, 3.63) is 53.6 Å². The van der Waals surface area contributed by atoms with Crippen LogP contribution in [0.25, 0.3) is 0 Å². The normalized spacial score (nSPS) is 11.2. The lowest BCUT2D eigenvalue weighted by Gasteiger charge is -2.23. The van der Waals surface area contributed by atoms with Crippen LogP contribution >= 0.6 is 11.6 Å². The van der Waals surface area contributed by atoms with Gasteiger partial charge in [0.25, 0.3) is 10.0 Å². The van der Waals surface area contributed by atoms with Gasteiger partial charge in [-0.05, 0) is 37.3 Å². The minimum absolute atomic E-state index is 0.249. The summed E-state index contributed by atoms with van der Waals surface area (Å²) in [5, 5.41) is 0.372. The van der Waals surface area contributed by atoms with Gasteiger partial charge in [-0.15, -0.1) is 0 Å². The third-order valence-electron chi connectivity index (χ3n) is 3.04. The predicted octanol–water partition coefficient (Wildman–Crippen LogP) is 3.56. The number of hydrogen-bond donors (Lipinski definition) is 0. The molecule has 0 unspecified atom stereocenters. The van der Waals surface area contributed by atoms with Crippen LogP contribution in [0.4, 0.5) is 5.69 Å². The molecule has 0 aromatic heterocycles. The second-order valence-electron chi connectivity index (χ2n) is 4.30. The zero-order chi connectivity index (χ0) is 15.5. The molecule has 0 N–H and O–H groups in total. The van der Waals surface area contributed by atoms with Crippen LogP contribution in [-0.2, 0) is 10.0 Å². The molecule has 0 spiro atoms. The summed E-state index contributed by atoms with van der Waals surface area (Å²) in [7, 11) is -2.09. The number of anilines is 1. The Hall–Kier alpha value is -1.72. The fraction of sp³-hybridized carbons (Fsp3) is 0.200. The van der Waals surface area contributed by atoms with E-state index in [1.807, 2.05) is 0 Å². The average Bonchev–Trinajstić information content (AvgIpc) is 2.49. The van der Waals surface area contributed by atoms with Crippen molar-refractivity contribution in [2.45, 2.75) is 11.8 Å². The van der Waals surface area contributed by atoms with Crippen molar-refractivity contribution in [3.63, 3.8) is 0 Å². The van der Waals surface area contributed by atoms with Gasteiger partial charge in [0.05, 0.1) is 22.7 Å². The van der Waals surface area contributed by atoms with E-state index in [0.29, 0.717) is 23.0 Å². The van der Waals surface area contributed by atoms with Gasteiger partial charge in [-0.1, -0.05) is 29.8 Å². The zero-order valence-electron chi connectivity index (χ0n) is 11.8. The Bertz CT molecular complexity index is 717. The molecule has 0 heterocycles. The highest BCUT2D eigenvalue weighted by molar-refractivity contribution is 7.92. The van der Waals surface area contributed by atoms with Gasteiger partial charge in [-0.25, -0.2) is 8.42 Å². The molecule has 2 aromatic carbocycles. The first kappa shape index (κ1) is 15.7. The second kappa shape index (κ2) is 6.37. The van der Waals surface area contributed by atoms with Gasteiger partial charge >= 0.3 is 0 Å². The smallest absolute Gasteiger partial charge is 0.264 e. The molecule has 0 aliphatic rings.